The lowest BCUT2D eigenvalue weighted by Gasteiger charge is -2.21. The average Bonchev–Trinajstić information content (AvgIpc) is 3.69. The highest BCUT2D eigenvalue weighted by Crippen LogP contribution is 2.44. The zero-order valence-corrected chi connectivity index (χ0v) is 22.9. The fraction of sp³-hybridized carbons (Fsp3) is 0.343. The van der Waals surface area contributed by atoms with Crippen LogP contribution in [0, 0.1) is 0 Å². The number of aldehydes is 1. The second-order valence-electron chi connectivity index (χ2n) is 11.7. The Balaban J connectivity index is 1.49. The highest BCUT2D eigenvalue weighted by atomic mass is 16.2. The summed E-state index contributed by atoms with van der Waals surface area (Å²) < 4.78 is 0. The molecule has 2 N–H and O–H groups in total. The first kappa shape index (κ1) is 25.0. The van der Waals surface area contributed by atoms with Crippen LogP contribution in [0.3, 0.4) is 0 Å². The van der Waals surface area contributed by atoms with E-state index < -0.39 is 0 Å². The third-order valence-corrected chi connectivity index (χ3v) is 9.40. The zero-order valence-electron chi connectivity index (χ0n) is 22.9. The van der Waals surface area contributed by atoms with Crippen LogP contribution >= 0.6 is 0 Å². The van der Waals surface area contributed by atoms with Crippen molar-refractivity contribution in [3.8, 4) is 0 Å². The predicted molar refractivity (Wildman–Crippen MR) is 162 cm³/mol. The van der Waals surface area contributed by atoms with Gasteiger partial charge in [0.25, 0.3) is 11.8 Å². The maximum atomic E-state index is 13.6. The van der Waals surface area contributed by atoms with Gasteiger partial charge in [-0.15, -0.1) is 0 Å². The van der Waals surface area contributed by atoms with E-state index in [0.29, 0.717) is 16.5 Å². The molecule has 0 aromatic heterocycles. The van der Waals surface area contributed by atoms with Crippen molar-refractivity contribution in [1.29, 1.82) is 0 Å². The number of carbonyl (C=O) groups excluding carboxylic acids is 3. The minimum atomic E-state index is -0.116. The molecule has 0 spiro atoms. The quantitative estimate of drug-likeness (QED) is 0.136. The highest BCUT2D eigenvalue weighted by Gasteiger charge is 2.25. The molecule has 2 aliphatic rings. The van der Waals surface area contributed by atoms with Gasteiger partial charge in [0.05, 0.1) is 0 Å². The molecule has 0 bridgehead atoms. The van der Waals surface area contributed by atoms with E-state index in [2.05, 4.69) is 35.8 Å². The molecule has 202 valence electrons. The summed E-state index contributed by atoms with van der Waals surface area (Å²) in [5, 5.41) is 14.3. The Morgan fingerprint density at radius 1 is 0.650 bits per heavy atom. The van der Waals surface area contributed by atoms with Gasteiger partial charge in [0.2, 0.25) is 0 Å². The van der Waals surface area contributed by atoms with E-state index in [1.165, 1.54) is 12.8 Å². The SMILES string of the molecule is CCc1ccc2c3ccc(C(=O)NC4CCCC4)c4c(C=O)ccc(c5ccc(C(=O)NC6CCCC6)c1c25)c43. The molecule has 0 radical (unpaired) electrons. The summed E-state index contributed by atoms with van der Waals surface area (Å²) in [6.07, 6.45) is 10.4. The average molecular weight is 531 g/mol. The maximum absolute atomic E-state index is 13.6. The number of hydrogen-bond acceptors (Lipinski definition) is 3. The summed E-state index contributed by atoms with van der Waals surface area (Å²) in [5.74, 6) is -0.119. The predicted octanol–water partition coefficient (Wildman–Crippen LogP) is 7.46. The molecule has 40 heavy (non-hydrogen) atoms. The van der Waals surface area contributed by atoms with Gasteiger partial charge in [-0.3, -0.25) is 14.4 Å². The highest BCUT2D eigenvalue weighted by molar-refractivity contribution is 6.37. The van der Waals surface area contributed by atoms with Crippen LogP contribution in [0.1, 0.15) is 94.9 Å². The summed E-state index contributed by atoms with van der Waals surface area (Å²) >= 11 is 0. The van der Waals surface area contributed by atoms with Crippen molar-refractivity contribution < 1.29 is 14.4 Å². The standard InChI is InChI=1S/C35H34N2O3/c1-2-20-11-13-24-27-16-18-29(35(40)37-23-9-5-6-10-23)31-21(19-38)12-14-25(33(27)31)26-15-17-28(30(20)32(24)26)34(39)36-22-7-3-4-8-22/h11-19,22-23H,2-10H2,1H3,(H,36,39)(H,37,40). The van der Waals surface area contributed by atoms with E-state index >= 15 is 0 Å². The fourth-order valence-corrected chi connectivity index (χ4v) is 7.42. The second-order valence-corrected chi connectivity index (χ2v) is 11.7. The van der Waals surface area contributed by atoms with Crippen molar-refractivity contribution in [3.63, 3.8) is 0 Å². The Morgan fingerprint density at radius 3 is 1.60 bits per heavy atom. The molecular formula is C35H34N2O3. The lowest BCUT2D eigenvalue weighted by atomic mass is 9.84. The van der Waals surface area contributed by atoms with Gasteiger partial charge in [0.15, 0.2) is 6.29 Å². The smallest absolute Gasteiger partial charge is 0.252 e. The Bertz CT molecular complexity index is 1790. The van der Waals surface area contributed by atoms with Crippen LogP contribution in [0.5, 0.6) is 0 Å². The van der Waals surface area contributed by atoms with Crippen LogP contribution in [0.2, 0.25) is 0 Å². The van der Waals surface area contributed by atoms with E-state index in [9.17, 15) is 14.4 Å². The summed E-state index contributed by atoms with van der Waals surface area (Å²) in [7, 11) is 0. The van der Waals surface area contributed by atoms with Crippen LogP contribution in [0.25, 0.3) is 43.1 Å². The molecule has 0 aliphatic heterocycles. The van der Waals surface area contributed by atoms with Crippen LogP contribution in [0.15, 0.2) is 48.5 Å². The summed E-state index contributed by atoms with van der Waals surface area (Å²) in [6.45, 7) is 2.13. The van der Waals surface area contributed by atoms with Gasteiger partial charge >= 0.3 is 0 Å². The van der Waals surface area contributed by atoms with Gasteiger partial charge in [-0.25, -0.2) is 0 Å². The molecule has 2 fully saturated rings. The lowest BCUT2D eigenvalue weighted by Crippen LogP contribution is -2.32. The number of amides is 2. The Kier molecular flexibility index (Phi) is 6.18. The molecule has 7 rings (SSSR count). The fourth-order valence-electron chi connectivity index (χ4n) is 7.42. The van der Waals surface area contributed by atoms with Gasteiger partial charge < -0.3 is 10.6 Å². The van der Waals surface area contributed by atoms with Gasteiger partial charge in [0.1, 0.15) is 0 Å². The van der Waals surface area contributed by atoms with Crippen molar-refractivity contribution in [2.45, 2.75) is 76.8 Å². The molecule has 0 unspecified atom stereocenters. The number of rotatable bonds is 6. The maximum Gasteiger partial charge on any atom is 0.252 e. The van der Waals surface area contributed by atoms with Gasteiger partial charge in [-0.05, 0) is 87.5 Å². The van der Waals surface area contributed by atoms with Crippen LogP contribution < -0.4 is 10.6 Å². The molecule has 0 saturated heterocycles. The Morgan fingerprint density at radius 2 is 1.10 bits per heavy atom. The van der Waals surface area contributed by atoms with Gasteiger partial charge in [-0.2, -0.15) is 0 Å². The molecule has 2 saturated carbocycles. The number of benzene rings is 5. The molecule has 5 heteroatoms. The van der Waals surface area contributed by atoms with E-state index in [1.54, 1.807) is 0 Å². The first-order chi connectivity index (χ1) is 19.6. The van der Waals surface area contributed by atoms with E-state index in [4.69, 9.17) is 0 Å². The third kappa shape index (κ3) is 3.86. The van der Waals surface area contributed by atoms with E-state index in [-0.39, 0.29) is 23.9 Å². The largest absolute Gasteiger partial charge is 0.349 e. The number of nitrogens with one attached hydrogen (secondary N) is 2. The first-order valence-electron chi connectivity index (χ1n) is 14.8. The molecule has 5 aromatic carbocycles. The first-order valence-corrected chi connectivity index (χ1v) is 14.8. The van der Waals surface area contributed by atoms with Crippen molar-refractivity contribution in [3.05, 3.63) is 70.8 Å². The van der Waals surface area contributed by atoms with Crippen molar-refractivity contribution >= 4 is 61.2 Å². The topological polar surface area (TPSA) is 75.3 Å². The molecule has 2 aliphatic carbocycles. The van der Waals surface area contributed by atoms with Crippen LogP contribution in [0.4, 0.5) is 0 Å². The van der Waals surface area contributed by atoms with Crippen LogP contribution in [-0.2, 0) is 6.42 Å². The molecule has 0 atom stereocenters. The third-order valence-electron chi connectivity index (χ3n) is 9.40. The number of aryl methyl sites for hydroxylation is 1. The molecule has 2 amide bonds. The molecule has 5 aromatic rings. The monoisotopic (exact) mass is 530 g/mol. The van der Waals surface area contributed by atoms with Crippen molar-refractivity contribution in [2.24, 2.45) is 0 Å². The summed E-state index contributed by atoms with van der Waals surface area (Å²) in [5.41, 5.74) is 2.94. The number of fused-ring (bicyclic) bond motifs is 2. The summed E-state index contributed by atoms with van der Waals surface area (Å²) in [6, 6.07) is 16.5. The molecule has 5 nitrogen and oxygen atoms in total. The van der Waals surface area contributed by atoms with E-state index in [1.807, 2.05) is 30.3 Å². The number of carbonyl (C=O) groups is 3. The minimum absolute atomic E-state index is 0.00326. The molecular weight excluding hydrogens is 496 g/mol. The Labute approximate surface area is 233 Å². The van der Waals surface area contributed by atoms with Crippen LogP contribution in [-0.4, -0.2) is 30.2 Å². The lowest BCUT2D eigenvalue weighted by molar-refractivity contribution is 0.0931. The zero-order chi connectivity index (χ0) is 27.4. The van der Waals surface area contributed by atoms with Crippen molar-refractivity contribution in [1.82, 2.24) is 10.6 Å². The molecule has 0 heterocycles. The summed E-state index contributed by atoms with van der Waals surface area (Å²) in [4.78, 5) is 39.4. The Hall–Kier alpha value is -3.99. The van der Waals surface area contributed by atoms with Gasteiger partial charge in [-0.1, -0.05) is 69.0 Å². The second kappa shape index (κ2) is 9.88. The normalized spacial score (nSPS) is 16.5. The van der Waals surface area contributed by atoms with Crippen molar-refractivity contribution in [2.75, 3.05) is 0 Å². The minimum Gasteiger partial charge on any atom is -0.349 e. The van der Waals surface area contributed by atoms with E-state index in [0.717, 1.165) is 100 Å². The number of hydrogen-bond donors (Lipinski definition) is 2. The van der Waals surface area contributed by atoms with Gasteiger partial charge in [0, 0.05) is 34.2 Å².